The minimum absolute atomic E-state index is 0.0656. The van der Waals surface area contributed by atoms with Gasteiger partial charge in [0, 0.05) is 30.8 Å². The highest BCUT2D eigenvalue weighted by molar-refractivity contribution is 6.30. The Morgan fingerprint density at radius 2 is 2.23 bits per heavy atom. The normalized spacial score (nSPS) is 16.8. The Labute approximate surface area is 179 Å². The van der Waals surface area contributed by atoms with Crippen molar-refractivity contribution in [1.29, 1.82) is 0 Å². The van der Waals surface area contributed by atoms with E-state index in [0.717, 1.165) is 16.5 Å². The second-order valence-corrected chi connectivity index (χ2v) is 7.84. The molecule has 1 unspecified atom stereocenters. The average molecular weight is 430 g/mol. The molecule has 2 atom stereocenters. The quantitative estimate of drug-likeness (QED) is 0.530. The van der Waals surface area contributed by atoms with Crippen LogP contribution in [0.2, 0.25) is 5.02 Å². The summed E-state index contributed by atoms with van der Waals surface area (Å²) in [4.78, 5) is 22.1. The molecule has 0 spiro atoms. The number of hydrogen-bond acceptors (Lipinski definition) is 7. The summed E-state index contributed by atoms with van der Waals surface area (Å²) in [5, 5.41) is 18.5. The summed E-state index contributed by atoms with van der Waals surface area (Å²) >= 11 is 6.22. The molecule has 2 N–H and O–H groups in total. The van der Waals surface area contributed by atoms with E-state index < -0.39 is 12.0 Å². The molecule has 8 nitrogen and oxygen atoms in total. The van der Waals surface area contributed by atoms with Crippen molar-refractivity contribution in [3.05, 3.63) is 46.2 Å². The van der Waals surface area contributed by atoms with Gasteiger partial charge in [-0.1, -0.05) is 17.7 Å². The van der Waals surface area contributed by atoms with Gasteiger partial charge in [0.25, 0.3) is 0 Å². The molecule has 2 heterocycles. The zero-order chi connectivity index (χ0) is 21.3. The Hall–Kier alpha value is -2.55. The number of anilines is 1. The number of halogens is 1. The van der Waals surface area contributed by atoms with Gasteiger partial charge in [-0.25, -0.2) is 4.98 Å². The van der Waals surface area contributed by atoms with Crippen LogP contribution in [0.3, 0.4) is 0 Å². The summed E-state index contributed by atoms with van der Waals surface area (Å²) in [6.07, 6.45) is 1.64. The maximum Gasteiger partial charge on any atom is 0.225 e. The number of aliphatic hydroxyl groups excluding tert-OH is 1. The Bertz CT molecular complexity index is 1080. The summed E-state index contributed by atoms with van der Waals surface area (Å²) in [7, 11) is 0. The fraction of sp³-hybridized carbons (Fsp3) is 0.429. The molecule has 1 aliphatic carbocycles. The molecule has 4 rings (SSSR count). The lowest BCUT2D eigenvalue weighted by Gasteiger charge is -2.14. The first-order chi connectivity index (χ1) is 14.5. The van der Waals surface area contributed by atoms with E-state index in [-0.39, 0.29) is 12.3 Å². The fourth-order valence-corrected chi connectivity index (χ4v) is 3.87. The predicted molar refractivity (Wildman–Crippen MR) is 114 cm³/mol. The van der Waals surface area contributed by atoms with E-state index in [4.69, 9.17) is 16.3 Å². The van der Waals surface area contributed by atoms with E-state index in [1.54, 1.807) is 17.7 Å². The Morgan fingerprint density at radius 1 is 1.40 bits per heavy atom. The molecular formula is C21H24ClN5O3. The molecule has 0 fully saturated rings. The second-order valence-electron chi connectivity index (χ2n) is 7.41. The monoisotopic (exact) mass is 429 g/mol. The van der Waals surface area contributed by atoms with Gasteiger partial charge in [0.2, 0.25) is 5.95 Å². The van der Waals surface area contributed by atoms with E-state index in [2.05, 4.69) is 20.4 Å². The van der Waals surface area contributed by atoms with Gasteiger partial charge in [-0.05, 0) is 37.1 Å². The first kappa shape index (κ1) is 20.7. The molecule has 9 heteroatoms. The Kier molecular flexibility index (Phi) is 5.99. The first-order valence-electron chi connectivity index (χ1n) is 10.0. The molecule has 0 saturated carbocycles. The van der Waals surface area contributed by atoms with Gasteiger partial charge in [0.05, 0.1) is 36.3 Å². The zero-order valence-corrected chi connectivity index (χ0v) is 17.7. The number of carbonyl (C=O) groups excluding carboxylic acids is 1. The summed E-state index contributed by atoms with van der Waals surface area (Å²) in [6.45, 7) is 5.64. The van der Waals surface area contributed by atoms with Gasteiger partial charge in [0.1, 0.15) is 0 Å². The van der Waals surface area contributed by atoms with Crippen LogP contribution < -0.4 is 5.32 Å². The van der Waals surface area contributed by atoms with E-state index in [9.17, 15) is 9.90 Å². The molecule has 3 aromatic rings. The number of nitrogens with zero attached hydrogens (tertiary/aromatic N) is 4. The number of hydrogen-bond donors (Lipinski definition) is 2. The van der Waals surface area contributed by atoms with Gasteiger partial charge >= 0.3 is 0 Å². The number of Topliss-reactive ketones (excluding diaryl/α,β-unsaturated/α-hetero) is 1. The Balaban J connectivity index is 1.80. The average Bonchev–Trinajstić information content (AvgIpc) is 3.25. The smallest absolute Gasteiger partial charge is 0.225 e. The second kappa shape index (κ2) is 8.67. The fourth-order valence-electron chi connectivity index (χ4n) is 3.69. The number of ketones is 1. The predicted octanol–water partition coefficient (Wildman–Crippen LogP) is 2.57. The van der Waals surface area contributed by atoms with Gasteiger partial charge in [0.15, 0.2) is 11.4 Å². The van der Waals surface area contributed by atoms with E-state index >= 15 is 0 Å². The third-order valence-corrected chi connectivity index (χ3v) is 5.29. The molecule has 2 aromatic heterocycles. The van der Waals surface area contributed by atoms with Crippen LogP contribution in [-0.4, -0.2) is 56.5 Å². The van der Waals surface area contributed by atoms with Crippen molar-refractivity contribution in [2.75, 3.05) is 25.1 Å². The molecule has 0 bridgehead atoms. The number of rotatable bonds is 8. The summed E-state index contributed by atoms with van der Waals surface area (Å²) in [5.41, 5.74) is 2.93. The molecular weight excluding hydrogens is 406 g/mol. The van der Waals surface area contributed by atoms with Gasteiger partial charge in [-0.3, -0.25) is 9.48 Å². The highest BCUT2D eigenvalue weighted by Crippen LogP contribution is 2.39. The number of carbonyl (C=O) groups is 1. The van der Waals surface area contributed by atoms with Crippen LogP contribution >= 0.6 is 11.6 Å². The maximum atomic E-state index is 13.0. The van der Waals surface area contributed by atoms with Crippen molar-refractivity contribution in [2.24, 2.45) is 0 Å². The van der Waals surface area contributed by atoms with Crippen LogP contribution in [-0.2, 0) is 22.5 Å². The summed E-state index contributed by atoms with van der Waals surface area (Å²) in [6, 6.07) is 5.53. The number of benzene rings is 1. The van der Waals surface area contributed by atoms with Gasteiger partial charge in [-0.2, -0.15) is 10.1 Å². The van der Waals surface area contributed by atoms with Crippen molar-refractivity contribution in [1.82, 2.24) is 19.7 Å². The maximum absolute atomic E-state index is 13.0. The first-order valence-corrected chi connectivity index (χ1v) is 10.4. The van der Waals surface area contributed by atoms with Crippen LogP contribution in [0, 0.1) is 0 Å². The SMILES string of the molecule is CCOCCn1cc2c(C3C(=O)Cc4ccc(Cl)cc43)nc(NC[C@@H](C)O)nc2n1. The van der Waals surface area contributed by atoms with Crippen molar-refractivity contribution < 1.29 is 14.6 Å². The third-order valence-electron chi connectivity index (χ3n) is 5.06. The lowest BCUT2D eigenvalue weighted by molar-refractivity contribution is -0.118. The molecule has 0 radical (unpaired) electrons. The van der Waals surface area contributed by atoms with Crippen LogP contribution in [0.15, 0.2) is 24.4 Å². The minimum Gasteiger partial charge on any atom is -0.392 e. The van der Waals surface area contributed by atoms with Crippen LogP contribution in [0.25, 0.3) is 11.0 Å². The van der Waals surface area contributed by atoms with Crippen molar-refractivity contribution in [2.45, 2.75) is 38.8 Å². The molecule has 1 aromatic carbocycles. The highest BCUT2D eigenvalue weighted by Gasteiger charge is 2.35. The van der Waals surface area contributed by atoms with Crippen LogP contribution in [0.4, 0.5) is 5.95 Å². The molecule has 0 amide bonds. The zero-order valence-electron chi connectivity index (χ0n) is 16.9. The molecule has 30 heavy (non-hydrogen) atoms. The number of nitrogens with one attached hydrogen (secondary N) is 1. The molecule has 158 valence electrons. The third kappa shape index (κ3) is 4.16. The molecule has 1 aliphatic rings. The van der Waals surface area contributed by atoms with E-state index in [1.807, 2.05) is 25.3 Å². The van der Waals surface area contributed by atoms with Gasteiger partial charge in [-0.15, -0.1) is 0 Å². The lowest BCUT2D eigenvalue weighted by Crippen LogP contribution is -2.18. The van der Waals surface area contributed by atoms with Crippen LogP contribution in [0.1, 0.15) is 36.6 Å². The van der Waals surface area contributed by atoms with Crippen molar-refractivity contribution in [3.63, 3.8) is 0 Å². The lowest BCUT2D eigenvalue weighted by atomic mass is 9.95. The van der Waals surface area contributed by atoms with E-state index in [0.29, 0.717) is 48.5 Å². The number of aliphatic hydroxyl groups is 1. The highest BCUT2D eigenvalue weighted by atomic mass is 35.5. The largest absolute Gasteiger partial charge is 0.392 e. The standard InChI is InChI=1S/C21H24ClN5O3/c1-3-30-7-6-27-11-16-19(24-21(23-10-12(2)28)25-20(16)26-27)18-15-9-14(22)5-4-13(15)8-17(18)29/h4-5,9,11-12,18,28H,3,6-8,10H2,1-2H3,(H,23,25,26)/t12-,18?/m1/s1. The molecule has 0 aliphatic heterocycles. The number of ether oxygens (including phenoxy) is 1. The van der Waals surface area contributed by atoms with E-state index in [1.165, 1.54) is 0 Å². The van der Waals surface area contributed by atoms with Crippen LogP contribution in [0.5, 0.6) is 0 Å². The topological polar surface area (TPSA) is 102 Å². The minimum atomic E-state index is -0.566. The molecule has 0 saturated heterocycles. The number of aromatic nitrogens is 4. The summed E-state index contributed by atoms with van der Waals surface area (Å²) in [5.74, 6) is -0.131. The van der Waals surface area contributed by atoms with Gasteiger partial charge < -0.3 is 15.2 Å². The Morgan fingerprint density at radius 3 is 3.00 bits per heavy atom. The number of fused-ring (bicyclic) bond motifs is 2. The summed E-state index contributed by atoms with van der Waals surface area (Å²) < 4.78 is 7.18. The van der Waals surface area contributed by atoms with Crippen molar-refractivity contribution >= 4 is 34.4 Å². The van der Waals surface area contributed by atoms with Crippen molar-refractivity contribution in [3.8, 4) is 0 Å².